The first-order valence-corrected chi connectivity index (χ1v) is 12.7. The highest BCUT2D eigenvalue weighted by Crippen LogP contribution is 2.36. The maximum absolute atomic E-state index is 4.69. The number of hydrogen-bond donors (Lipinski definition) is 3. The van der Waals surface area contributed by atoms with Gasteiger partial charge in [-0.15, -0.1) is 11.3 Å². The lowest BCUT2D eigenvalue weighted by molar-refractivity contribution is 0.785. The molecule has 0 saturated carbocycles. The Kier molecular flexibility index (Phi) is 6.49. The summed E-state index contributed by atoms with van der Waals surface area (Å²) in [6.07, 6.45) is 8.11. The van der Waals surface area contributed by atoms with E-state index in [0.717, 1.165) is 68.7 Å². The number of thiophene rings is 1. The summed E-state index contributed by atoms with van der Waals surface area (Å²) >= 11 is 1.76. The molecule has 0 aliphatic carbocycles. The Morgan fingerprint density at radius 1 is 1.09 bits per heavy atom. The largest absolute Gasteiger partial charge is 0.353 e. The van der Waals surface area contributed by atoms with Crippen LogP contribution >= 0.6 is 11.3 Å². The van der Waals surface area contributed by atoms with Crippen molar-refractivity contribution in [1.82, 2.24) is 25.5 Å². The van der Waals surface area contributed by atoms with Crippen molar-refractivity contribution >= 4 is 38.7 Å². The molecule has 35 heavy (non-hydrogen) atoms. The fourth-order valence-corrected chi connectivity index (χ4v) is 5.20. The van der Waals surface area contributed by atoms with Crippen molar-refractivity contribution in [3.8, 4) is 22.0 Å². The summed E-state index contributed by atoms with van der Waals surface area (Å²) in [5.41, 5.74) is 8.40. The van der Waals surface area contributed by atoms with E-state index >= 15 is 0 Å². The van der Waals surface area contributed by atoms with Gasteiger partial charge < -0.3 is 10.3 Å². The van der Waals surface area contributed by atoms with E-state index in [1.807, 2.05) is 18.3 Å². The fraction of sp³-hybridized carbons (Fsp3) is 0.172. The van der Waals surface area contributed by atoms with Crippen LogP contribution in [0, 0.1) is 6.92 Å². The molecule has 6 heteroatoms. The predicted molar refractivity (Wildman–Crippen MR) is 150 cm³/mol. The van der Waals surface area contributed by atoms with Crippen LogP contribution in [0.25, 0.3) is 49.3 Å². The highest BCUT2D eigenvalue weighted by atomic mass is 32.1. The Morgan fingerprint density at radius 3 is 2.69 bits per heavy atom. The van der Waals surface area contributed by atoms with E-state index in [1.54, 1.807) is 11.3 Å². The van der Waals surface area contributed by atoms with Crippen LogP contribution in [0.2, 0.25) is 0 Å². The molecule has 0 aliphatic heterocycles. The molecule has 5 aromatic rings. The number of H-pyrrole nitrogens is 2. The SMILES string of the molecule is C=C/C(=C\C(=C/C)c1ccc2[nH]nc(-c3cc4c(-c5ccc(C)s5)nccc4[nH]3)c2c1)CNCC. The molecular formula is C29H29N5S. The van der Waals surface area contributed by atoms with Gasteiger partial charge >= 0.3 is 0 Å². The minimum atomic E-state index is 0.797. The second-order valence-corrected chi connectivity index (χ2v) is 9.78. The number of fused-ring (bicyclic) bond motifs is 2. The lowest BCUT2D eigenvalue weighted by atomic mass is 10.00. The van der Waals surface area contributed by atoms with Crippen molar-refractivity contribution in [3.63, 3.8) is 0 Å². The first-order valence-electron chi connectivity index (χ1n) is 11.8. The Bertz CT molecular complexity index is 1580. The van der Waals surface area contributed by atoms with Gasteiger partial charge in [0, 0.05) is 33.9 Å². The van der Waals surface area contributed by atoms with Crippen LogP contribution in [0.3, 0.4) is 0 Å². The number of benzene rings is 1. The average Bonchev–Trinajstić information content (AvgIpc) is 3.61. The van der Waals surface area contributed by atoms with Gasteiger partial charge in [-0.25, -0.2) is 0 Å². The number of allylic oxidation sites excluding steroid dienone is 3. The van der Waals surface area contributed by atoms with Gasteiger partial charge in [0.05, 0.1) is 21.8 Å². The highest BCUT2D eigenvalue weighted by molar-refractivity contribution is 7.15. The maximum atomic E-state index is 4.69. The minimum absolute atomic E-state index is 0.797. The summed E-state index contributed by atoms with van der Waals surface area (Å²) in [7, 11) is 0. The number of rotatable bonds is 8. The van der Waals surface area contributed by atoms with Gasteiger partial charge in [0.2, 0.25) is 0 Å². The van der Waals surface area contributed by atoms with Crippen molar-refractivity contribution in [2.45, 2.75) is 20.8 Å². The van der Waals surface area contributed by atoms with Crippen molar-refractivity contribution in [1.29, 1.82) is 0 Å². The van der Waals surface area contributed by atoms with E-state index in [9.17, 15) is 0 Å². The molecule has 0 spiro atoms. The lowest BCUT2D eigenvalue weighted by Crippen LogP contribution is -2.15. The van der Waals surface area contributed by atoms with Gasteiger partial charge in [-0.2, -0.15) is 5.10 Å². The Morgan fingerprint density at radius 2 is 1.94 bits per heavy atom. The van der Waals surface area contributed by atoms with E-state index in [0.29, 0.717) is 0 Å². The molecule has 0 radical (unpaired) electrons. The van der Waals surface area contributed by atoms with Crippen LogP contribution in [0.1, 0.15) is 24.3 Å². The summed E-state index contributed by atoms with van der Waals surface area (Å²) in [6, 6.07) is 14.9. The van der Waals surface area contributed by atoms with Crippen LogP contribution in [0.15, 0.2) is 79.0 Å². The van der Waals surface area contributed by atoms with Gasteiger partial charge in [-0.05, 0) is 73.5 Å². The molecular weight excluding hydrogens is 450 g/mol. The van der Waals surface area contributed by atoms with Crippen LogP contribution in [-0.4, -0.2) is 33.3 Å². The van der Waals surface area contributed by atoms with Crippen molar-refractivity contribution in [2.24, 2.45) is 0 Å². The molecule has 0 atom stereocenters. The van der Waals surface area contributed by atoms with Gasteiger partial charge in [-0.3, -0.25) is 10.1 Å². The number of aromatic amines is 2. The Hall–Kier alpha value is -3.74. The van der Waals surface area contributed by atoms with E-state index in [4.69, 9.17) is 0 Å². The van der Waals surface area contributed by atoms with Crippen LogP contribution < -0.4 is 5.32 Å². The Balaban J connectivity index is 1.58. The van der Waals surface area contributed by atoms with Crippen molar-refractivity contribution in [3.05, 3.63) is 89.5 Å². The van der Waals surface area contributed by atoms with Gasteiger partial charge in [0.15, 0.2) is 0 Å². The zero-order valence-electron chi connectivity index (χ0n) is 20.3. The zero-order chi connectivity index (χ0) is 24.4. The van der Waals surface area contributed by atoms with E-state index in [1.165, 1.54) is 9.75 Å². The third kappa shape index (κ3) is 4.50. The third-order valence-corrected chi connectivity index (χ3v) is 7.17. The first-order chi connectivity index (χ1) is 17.1. The molecule has 0 unspecified atom stereocenters. The number of aryl methyl sites for hydroxylation is 1. The number of likely N-dealkylation sites (N-methyl/N-ethyl adjacent to an activating group) is 1. The normalized spacial score (nSPS) is 12.7. The molecule has 4 heterocycles. The number of nitrogens with zero attached hydrogens (tertiary/aromatic N) is 2. The van der Waals surface area contributed by atoms with Gasteiger partial charge in [-0.1, -0.05) is 37.8 Å². The molecule has 0 fully saturated rings. The second kappa shape index (κ2) is 9.86. The summed E-state index contributed by atoms with van der Waals surface area (Å²) < 4.78 is 0. The molecule has 5 nitrogen and oxygen atoms in total. The molecule has 3 N–H and O–H groups in total. The molecule has 0 bridgehead atoms. The molecule has 0 saturated heterocycles. The van der Waals surface area contributed by atoms with Gasteiger partial charge in [0.25, 0.3) is 0 Å². The van der Waals surface area contributed by atoms with E-state index < -0.39 is 0 Å². The number of pyridine rings is 1. The smallest absolute Gasteiger partial charge is 0.116 e. The molecule has 4 aromatic heterocycles. The average molecular weight is 480 g/mol. The topological polar surface area (TPSA) is 69.4 Å². The number of nitrogens with one attached hydrogen (secondary N) is 3. The number of aromatic nitrogens is 4. The molecule has 5 rings (SSSR count). The standard InChI is InChI=1S/C29H29N5S/c1-5-19(17-30-7-3)14-20(6-2)21-9-10-25-22(15-21)28(34-33-25)26-16-23-24(32-26)12-13-31-29(23)27-11-8-18(4)35-27/h5-6,8-16,30,32H,1,7,17H2,2-4H3,(H,33,34)/b19-14+,20-6+. The van der Waals surface area contributed by atoms with E-state index in [-0.39, 0.29) is 0 Å². The minimum Gasteiger partial charge on any atom is -0.353 e. The summed E-state index contributed by atoms with van der Waals surface area (Å²) in [5, 5.41) is 13.4. The maximum Gasteiger partial charge on any atom is 0.116 e. The predicted octanol–water partition coefficient (Wildman–Crippen LogP) is 7.27. The van der Waals surface area contributed by atoms with Crippen LogP contribution in [-0.2, 0) is 0 Å². The van der Waals surface area contributed by atoms with Crippen LogP contribution in [0.4, 0.5) is 0 Å². The highest BCUT2D eigenvalue weighted by Gasteiger charge is 2.15. The van der Waals surface area contributed by atoms with Crippen LogP contribution in [0.5, 0.6) is 0 Å². The zero-order valence-corrected chi connectivity index (χ0v) is 21.1. The first kappa shape index (κ1) is 23.0. The molecule has 1 aromatic carbocycles. The third-order valence-electron chi connectivity index (χ3n) is 6.17. The summed E-state index contributed by atoms with van der Waals surface area (Å²) in [6.45, 7) is 12.0. The molecule has 0 aliphatic rings. The van der Waals surface area contributed by atoms with Crippen molar-refractivity contribution in [2.75, 3.05) is 13.1 Å². The summed E-state index contributed by atoms with van der Waals surface area (Å²) in [5.74, 6) is 0. The molecule has 0 amide bonds. The second-order valence-electron chi connectivity index (χ2n) is 8.49. The summed E-state index contributed by atoms with van der Waals surface area (Å²) in [4.78, 5) is 10.7. The fourth-order valence-electron chi connectivity index (χ4n) is 4.32. The van der Waals surface area contributed by atoms with E-state index in [2.05, 4.69) is 101 Å². The van der Waals surface area contributed by atoms with Gasteiger partial charge in [0.1, 0.15) is 5.69 Å². The monoisotopic (exact) mass is 479 g/mol. The number of hydrogen-bond acceptors (Lipinski definition) is 4. The lowest BCUT2D eigenvalue weighted by Gasteiger charge is -2.07. The quantitative estimate of drug-likeness (QED) is 0.205. The Labute approximate surface area is 209 Å². The molecule has 176 valence electrons. The van der Waals surface area contributed by atoms with Crippen molar-refractivity contribution < 1.29 is 0 Å².